The first kappa shape index (κ1) is 17.8. The minimum absolute atomic E-state index is 0.216. The molecule has 0 aliphatic rings. The van der Waals surface area contributed by atoms with Crippen molar-refractivity contribution in [3.05, 3.63) is 30.0 Å². The van der Waals surface area contributed by atoms with Crippen molar-refractivity contribution in [2.24, 2.45) is 0 Å². The van der Waals surface area contributed by atoms with Crippen molar-refractivity contribution in [1.29, 1.82) is 0 Å². The van der Waals surface area contributed by atoms with Crippen molar-refractivity contribution in [3.8, 4) is 5.75 Å². The maximum absolute atomic E-state index is 13.6. The Kier molecular flexibility index (Phi) is 6.05. The van der Waals surface area contributed by atoms with Gasteiger partial charge in [0.05, 0.1) is 6.61 Å². The molecular weight excluding hydrogens is 291 g/mol. The van der Waals surface area contributed by atoms with Crippen molar-refractivity contribution in [2.45, 2.75) is 58.7 Å². The lowest BCUT2D eigenvalue weighted by molar-refractivity contribution is 0.204. The average Bonchev–Trinajstić information content (AvgIpc) is 2.87. The van der Waals surface area contributed by atoms with E-state index in [9.17, 15) is 4.39 Å². The summed E-state index contributed by atoms with van der Waals surface area (Å²) in [5, 5.41) is 4.45. The normalized spacial score (nSPS) is 13.4. The molecule has 2 aromatic rings. The predicted molar refractivity (Wildman–Crippen MR) is 95.1 cm³/mol. The molecule has 2 N–H and O–H groups in total. The van der Waals surface area contributed by atoms with Gasteiger partial charge in [-0.2, -0.15) is 0 Å². The summed E-state index contributed by atoms with van der Waals surface area (Å²) in [4.78, 5) is 3.30. The minimum atomic E-state index is -1.19. The molecule has 0 saturated heterocycles. The van der Waals surface area contributed by atoms with Crippen LogP contribution in [0, 0.1) is 0 Å². The summed E-state index contributed by atoms with van der Waals surface area (Å²) < 4.78 is 19.4. The molecule has 0 bridgehead atoms. The first-order valence-electron chi connectivity index (χ1n) is 8.54. The molecule has 0 saturated carbocycles. The zero-order valence-corrected chi connectivity index (χ0v) is 14.7. The third-order valence-electron chi connectivity index (χ3n) is 3.90. The number of hydrogen-bond donors (Lipinski definition) is 2. The lowest BCUT2D eigenvalue weighted by atomic mass is 10.0. The summed E-state index contributed by atoms with van der Waals surface area (Å²) in [6.07, 6.45) is 5.09. The summed E-state index contributed by atoms with van der Waals surface area (Å²) in [6.45, 7) is 8.56. The van der Waals surface area contributed by atoms with Crippen LogP contribution in [0.5, 0.6) is 5.75 Å². The number of halogens is 1. The number of fused-ring (bicyclic) bond motifs is 1. The first-order valence-corrected chi connectivity index (χ1v) is 8.54. The molecular formula is C19H29FN2O. The van der Waals surface area contributed by atoms with Crippen LogP contribution in [0.3, 0.4) is 0 Å². The van der Waals surface area contributed by atoms with E-state index < -0.39 is 5.67 Å². The van der Waals surface area contributed by atoms with Gasteiger partial charge in [-0.05, 0) is 57.4 Å². The van der Waals surface area contributed by atoms with E-state index in [0.717, 1.165) is 37.1 Å². The smallest absolute Gasteiger partial charge is 0.120 e. The lowest BCUT2D eigenvalue weighted by Gasteiger charge is -2.19. The van der Waals surface area contributed by atoms with Crippen LogP contribution in [-0.4, -0.2) is 29.8 Å². The number of nitrogens with one attached hydrogen (secondary N) is 2. The number of aromatic nitrogens is 1. The summed E-state index contributed by atoms with van der Waals surface area (Å²) in [6, 6.07) is 6.38. The Balaban J connectivity index is 2.03. The van der Waals surface area contributed by atoms with Crippen LogP contribution in [0.1, 0.15) is 46.1 Å². The number of rotatable bonds is 9. The number of benzene rings is 1. The molecule has 0 aliphatic carbocycles. The van der Waals surface area contributed by atoms with Gasteiger partial charge in [-0.1, -0.05) is 13.3 Å². The summed E-state index contributed by atoms with van der Waals surface area (Å²) >= 11 is 0. The van der Waals surface area contributed by atoms with E-state index in [1.165, 1.54) is 10.9 Å². The molecule has 1 unspecified atom stereocenters. The fourth-order valence-corrected chi connectivity index (χ4v) is 2.57. The number of H-pyrrole nitrogens is 1. The average molecular weight is 320 g/mol. The van der Waals surface area contributed by atoms with Crippen LogP contribution in [0.2, 0.25) is 0 Å². The molecule has 1 atom stereocenters. The van der Waals surface area contributed by atoms with Crippen molar-refractivity contribution in [3.63, 3.8) is 0 Å². The van der Waals surface area contributed by atoms with Crippen LogP contribution in [0.4, 0.5) is 4.39 Å². The molecule has 0 aliphatic heterocycles. The predicted octanol–water partition coefficient (Wildman–Crippen LogP) is 4.62. The highest BCUT2D eigenvalue weighted by atomic mass is 19.1. The molecule has 1 aromatic heterocycles. The van der Waals surface area contributed by atoms with Gasteiger partial charge in [0, 0.05) is 29.7 Å². The van der Waals surface area contributed by atoms with E-state index in [4.69, 9.17) is 4.74 Å². The van der Waals surface area contributed by atoms with Gasteiger partial charge >= 0.3 is 0 Å². The molecule has 23 heavy (non-hydrogen) atoms. The number of aromatic amines is 1. The van der Waals surface area contributed by atoms with E-state index >= 15 is 0 Å². The van der Waals surface area contributed by atoms with Crippen LogP contribution < -0.4 is 10.1 Å². The molecule has 0 spiro atoms. The van der Waals surface area contributed by atoms with Crippen LogP contribution >= 0.6 is 0 Å². The van der Waals surface area contributed by atoms with Gasteiger partial charge in [-0.3, -0.25) is 0 Å². The lowest BCUT2D eigenvalue weighted by Crippen LogP contribution is -2.37. The molecule has 2 rings (SSSR count). The highest BCUT2D eigenvalue weighted by Gasteiger charge is 2.17. The van der Waals surface area contributed by atoms with Gasteiger partial charge in [0.15, 0.2) is 0 Å². The number of hydrogen-bond acceptors (Lipinski definition) is 2. The molecule has 4 heteroatoms. The Morgan fingerprint density at radius 1 is 1.35 bits per heavy atom. The fraction of sp³-hybridized carbons (Fsp3) is 0.579. The maximum atomic E-state index is 13.6. The topological polar surface area (TPSA) is 37.0 Å². The highest BCUT2D eigenvalue weighted by molar-refractivity contribution is 5.84. The fourth-order valence-electron chi connectivity index (χ4n) is 2.57. The Morgan fingerprint density at radius 3 is 2.83 bits per heavy atom. The third-order valence-corrected chi connectivity index (χ3v) is 3.90. The molecule has 3 nitrogen and oxygen atoms in total. The zero-order valence-electron chi connectivity index (χ0n) is 14.7. The number of unbranched alkanes of at least 4 members (excludes halogenated alkanes) is 1. The van der Waals surface area contributed by atoms with E-state index in [-0.39, 0.29) is 6.04 Å². The van der Waals surface area contributed by atoms with Gasteiger partial charge in [0.25, 0.3) is 0 Å². The Morgan fingerprint density at radius 2 is 2.13 bits per heavy atom. The van der Waals surface area contributed by atoms with Crippen LogP contribution in [0.25, 0.3) is 10.9 Å². The SMILES string of the molecule is CCCCOc1ccc2[nH]cc(CC(C)NCC(C)(C)F)c2c1. The second kappa shape index (κ2) is 7.82. The molecule has 0 amide bonds. The van der Waals surface area contributed by atoms with E-state index in [1.54, 1.807) is 13.8 Å². The molecule has 0 fully saturated rings. The summed E-state index contributed by atoms with van der Waals surface area (Å²) in [7, 11) is 0. The van der Waals surface area contributed by atoms with Crippen LogP contribution in [-0.2, 0) is 6.42 Å². The van der Waals surface area contributed by atoms with Crippen molar-refractivity contribution >= 4 is 10.9 Å². The van der Waals surface area contributed by atoms with Gasteiger partial charge in [0.2, 0.25) is 0 Å². The largest absolute Gasteiger partial charge is 0.494 e. The highest BCUT2D eigenvalue weighted by Crippen LogP contribution is 2.25. The van der Waals surface area contributed by atoms with Gasteiger partial charge in [-0.15, -0.1) is 0 Å². The number of ether oxygens (including phenoxy) is 1. The third kappa shape index (κ3) is 5.54. The van der Waals surface area contributed by atoms with Crippen molar-refractivity contribution < 1.29 is 9.13 Å². The molecule has 1 heterocycles. The van der Waals surface area contributed by atoms with Gasteiger partial charge < -0.3 is 15.0 Å². The van der Waals surface area contributed by atoms with E-state index in [1.807, 2.05) is 12.3 Å². The maximum Gasteiger partial charge on any atom is 0.120 e. The van der Waals surface area contributed by atoms with E-state index in [0.29, 0.717) is 6.54 Å². The van der Waals surface area contributed by atoms with Gasteiger partial charge in [-0.25, -0.2) is 4.39 Å². The molecule has 0 radical (unpaired) electrons. The summed E-state index contributed by atoms with van der Waals surface area (Å²) in [5.74, 6) is 0.914. The molecule has 128 valence electrons. The summed E-state index contributed by atoms with van der Waals surface area (Å²) in [5.41, 5.74) is 1.16. The monoisotopic (exact) mass is 320 g/mol. The quantitative estimate of drug-likeness (QED) is 0.662. The molecule has 1 aromatic carbocycles. The Bertz CT molecular complexity index is 615. The number of alkyl halides is 1. The Hall–Kier alpha value is -1.55. The standard InChI is InChI=1S/C19H29FN2O/c1-5-6-9-23-16-7-8-18-17(11-16)15(12-21-18)10-14(2)22-13-19(3,4)20/h7-8,11-12,14,21-22H,5-6,9-10,13H2,1-4H3. The van der Waals surface area contributed by atoms with E-state index in [2.05, 4.69) is 36.3 Å². The first-order chi connectivity index (χ1) is 10.9. The second-order valence-corrected chi connectivity index (χ2v) is 6.93. The van der Waals surface area contributed by atoms with Gasteiger partial charge in [0.1, 0.15) is 11.4 Å². The Labute approximate surface area is 138 Å². The van der Waals surface area contributed by atoms with Crippen molar-refractivity contribution in [2.75, 3.05) is 13.2 Å². The van der Waals surface area contributed by atoms with Crippen LogP contribution in [0.15, 0.2) is 24.4 Å². The second-order valence-electron chi connectivity index (χ2n) is 6.93. The zero-order chi connectivity index (χ0) is 16.9. The van der Waals surface area contributed by atoms with Crippen molar-refractivity contribution in [1.82, 2.24) is 10.3 Å². The minimum Gasteiger partial charge on any atom is -0.494 e.